The third-order valence-electron chi connectivity index (χ3n) is 7.57. The van der Waals surface area contributed by atoms with E-state index < -0.39 is 59.1 Å². The number of carbonyl (C=O) groups is 3. The van der Waals surface area contributed by atoms with Crippen LogP contribution in [0.5, 0.6) is 0 Å². The molecule has 54 heavy (non-hydrogen) atoms. The summed E-state index contributed by atoms with van der Waals surface area (Å²) in [5.41, 5.74) is 5.35. The molecule has 0 saturated carbocycles. The van der Waals surface area contributed by atoms with Crippen LogP contribution < -0.4 is 21.5 Å². The zero-order valence-electron chi connectivity index (χ0n) is 26.6. The Hall–Kier alpha value is -4.35. The smallest absolute Gasteiger partial charge is 0.308 e. The molecule has 2 aliphatic carbocycles. The first-order chi connectivity index (χ1) is 25.4. The van der Waals surface area contributed by atoms with Crippen LogP contribution in [0, 0.1) is 0 Å². The number of allylic oxidation sites excluding steroid dienone is 2. The molecule has 0 radical (unpaired) electrons. The summed E-state index contributed by atoms with van der Waals surface area (Å²) in [6.07, 6.45) is 2.08. The molecule has 0 unspecified atom stereocenters. The van der Waals surface area contributed by atoms with Gasteiger partial charge in [0.15, 0.2) is 11.4 Å². The van der Waals surface area contributed by atoms with Crippen LogP contribution in [0.3, 0.4) is 0 Å². The summed E-state index contributed by atoms with van der Waals surface area (Å²) in [6, 6.07) is 17.3. The minimum Gasteiger partial charge on any atom is -0.308 e. The van der Waals surface area contributed by atoms with E-state index in [1.807, 2.05) is 0 Å². The summed E-state index contributed by atoms with van der Waals surface area (Å²) < 4.78 is 71.8. The first kappa shape index (κ1) is 39.3. The molecule has 6 N–H and O–H groups in total. The fourth-order valence-electron chi connectivity index (χ4n) is 5.12. The van der Waals surface area contributed by atoms with Crippen LogP contribution in [0.15, 0.2) is 111 Å². The Morgan fingerprint density at radius 2 is 0.963 bits per heavy atom. The maximum atomic E-state index is 13.4. The van der Waals surface area contributed by atoms with Crippen LogP contribution >= 0.6 is 63.7 Å². The largest absolute Gasteiger partial charge is 0.323 e. The second-order valence-electron chi connectivity index (χ2n) is 11.2. The van der Waals surface area contributed by atoms with E-state index in [1.165, 1.54) is 36.4 Å². The van der Waals surface area contributed by atoms with Crippen molar-refractivity contribution < 1.29 is 40.3 Å². The van der Waals surface area contributed by atoms with Gasteiger partial charge in [0.25, 0.3) is 20.2 Å². The topological polar surface area (TPSA) is 233 Å². The van der Waals surface area contributed by atoms with Crippen molar-refractivity contribution in [2.45, 2.75) is 0 Å². The van der Waals surface area contributed by atoms with E-state index in [-0.39, 0.29) is 33.6 Å². The van der Waals surface area contributed by atoms with Gasteiger partial charge in [-0.05, 0) is 128 Å². The lowest BCUT2D eigenvalue weighted by atomic mass is 9.94. The van der Waals surface area contributed by atoms with Gasteiger partial charge in [-0.25, -0.2) is 4.79 Å². The zero-order chi connectivity index (χ0) is 39.1. The maximum Gasteiger partial charge on any atom is 0.323 e. The number of hydrogen-bond donors (Lipinski definition) is 6. The predicted octanol–water partition coefficient (Wildman–Crippen LogP) is 8.17. The fourth-order valence-corrected chi connectivity index (χ4v) is 8.71. The molecule has 0 bridgehead atoms. The van der Waals surface area contributed by atoms with E-state index in [0.717, 1.165) is 21.1 Å². The number of amides is 2. The predicted molar refractivity (Wildman–Crippen MR) is 219 cm³/mol. The minimum absolute atomic E-state index is 0.0344. The molecule has 0 aromatic heterocycles. The lowest BCUT2D eigenvalue weighted by molar-refractivity contribution is 0.105. The number of urea groups is 1. The van der Waals surface area contributed by atoms with Gasteiger partial charge in [0, 0.05) is 40.4 Å². The molecule has 276 valence electrons. The van der Waals surface area contributed by atoms with Crippen molar-refractivity contribution >= 4 is 148 Å². The highest BCUT2D eigenvalue weighted by Crippen LogP contribution is 2.32. The van der Waals surface area contributed by atoms with Gasteiger partial charge in [0.05, 0.1) is 11.4 Å². The third-order valence-corrected chi connectivity index (χ3v) is 11.6. The molecular formula is C33H20Br4N6O9S2. The number of hydrazone groups is 2. The van der Waals surface area contributed by atoms with Crippen LogP contribution in [0.1, 0.15) is 31.8 Å². The highest BCUT2D eigenvalue weighted by Gasteiger charge is 2.34. The van der Waals surface area contributed by atoms with Gasteiger partial charge >= 0.3 is 6.03 Å². The molecule has 0 saturated heterocycles. The summed E-state index contributed by atoms with van der Waals surface area (Å²) in [4.78, 5) is 38.2. The van der Waals surface area contributed by atoms with E-state index in [1.54, 1.807) is 36.4 Å². The number of nitrogens with one attached hydrogen (secondary N) is 4. The van der Waals surface area contributed by atoms with Gasteiger partial charge in [-0.3, -0.25) is 29.5 Å². The van der Waals surface area contributed by atoms with Gasteiger partial charge in [-0.1, -0.05) is 31.9 Å². The SMILES string of the molecule is O=C(Nc1ccc2c(c1)C=C(S(=O)(=O)O)/C(=N/Nc1ccc(Br)cc1Br)C2=O)Nc1ccc2c(c1)C=C(S(=O)(=O)O)/C(=N/Nc1ccc(Br)cc1Br)C2=O. The number of rotatable bonds is 8. The number of anilines is 4. The van der Waals surface area contributed by atoms with Gasteiger partial charge in [-0.15, -0.1) is 0 Å². The standard InChI is InChI=1S/C33H20Br4N6O9S2/c34-17-1-7-25(23(36)13-17)40-42-29-27(53(47,48)49)11-15-9-19(3-5-21(15)31(29)44)38-33(46)39-20-4-6-22-16(10-20)12-28(54(50,51)52)30(32(22)45)43-41-26-8-2-18(35)14-24(26)37/h1-14,40-41H,(H2,38,39,46)(H,47,48,49)(H,50,51,52)/b42-29-,43-30-. The van der Waals surface area contributed by atoms with Crippen LogP contribution in [-0.2, 0) is 20.2 Å². The molecule has 15 nitrogen and oxygen atoms in total. The third kappa shape index (κ3) is 8.62. The molecule has 4 aromatic rings. The molecule has 0 heterocycles. The Bertz CT molecular complexity index is 2500. The lowest BCUT2D eigenvalue weighted by Crippen LogP contribution is -2.27. The molecule has 2 amide bonds. The number of nitrogens with zero attached hydrogens (tertiary/aromatic N) is 2. The quantitative estimate of drug-likeness (QED) is 0.0728. The van der Waals surface area contributed by atoms with Crippen molar-refractivity contribution in [3.05, 3.63) is 123 Å². The van der Waals surface area contributed by atoms with Crippen molar-refractivity contribution in [1.82, 2.24) is 0 Å². The van der Waals surface area contributed by atoms with Crippen LogP contribution in [0.2, 0.25) is 0 Å². The minimum atomic E-state index is -4.94. The van der Waals surface area contributed by atoms with Crippen molar-refractivity contribution in [2.24, 2.45) is 10.2 Å². The molecule has 4 aromatic carbocycles. The second kappa shape index (κ2) is 15.4. The number of carbonyl (C=O) groups excluding carboxylic acids is 3. The first-order valence-corrected chi connectivity index (χ1v) is 20.9. The van der Waals surface area contributed by atoms with E-state index in [0.29, 0.717) is 20.3 Å². The molecule has 0 spiro atoms. The van der Waals surface area contributed by atoms with Crippen molar-refractivity contribution in [1.29, 1.82) is 0 Å². The number of fused-ring (bicyclic) bond motifs is 2. The highest BCUT2D eigenvalue weighted by molar-refractivity contribution is 9.11. The Kier molecular flexibility index (Phi) is 11.2. The van der Waals surface area contributed by atoms with Crippen LogP contribution in [0.25, 0.3) is 12.2 Å². The number of ketones is 2. The monoisotopic (exact) mass is 1020 g/mol. The summed E-state index contributed by atoms with van der Waals surface area (Å²) in [5.74, 6) is -1.63. The van der Waals surface area contributed by atoms with Gasteiger partial charge in [0.1, 0.15) is 9.81 Å². The van der Waals surface area contributed by atoms with E-state index in [9.17, 15) is 40.3 Å². The van der Waals surface area contributed by atoms with Gasteiger partial charge < -0.3 is 10.6 Å². The summed E-state index contributed by atoms with van der Waals surface area (Å²) in [6.45, 7) is 0. The van der Waals surface area contributed by atoms with Crippen LogP contribution in [0.4, 0.5) is 27.5 Å². The van der Waals surface area contributed by atoms with Crippen LogP contribution in [-0.4, -0.2) is 55.0 Å². The molecule has 2 aliphatic rings. The van der Waals surface area contributed by atoms with Gasteiger partial charge in [0.2, 0.25) is 11.6 Å². The zero-order valence-corrected chi connectivity index (χ0v) is 34.5. The normalized spacial score (nSPS) is 15.6. The number of Topliss-reactive ketones (excluding diaryl/α,β-unsaturated/α-hetero) is 2. The molecule has 0 atom stereocenters. The Labute approximate surface area is 340 Å². The van der Waals surface area contributed by atoms with E-state index in [4.69, 9.17) is 0 Å². The number of halogens is 4. The molecule has 0 fully saturated rings. The number of hydrogen-bond acceptors (Lipinski definition) is 11. The number of benzene rings is 4. The average Bonchev–Trinajstić information content (AvgIpc) is 3.07. The maximum absolute atomic E-state index is 13.4. The van der Waals surface area contributed by atoms with Crippen molar-refractivity contribution in [3.8, 4) is 0 Å². The summed E-state index contributed by atoms with van der Waals surface area (Å²) >= 11 is 13.3. The van der Waals surface area contributed by atoms with E-state index >= 15 is 0 Å². The van der Waals surface area contributed by atoms with Crippen molar-refractivity contribution in [2.75, 3.05) is 21.5 Å². The fraction of sp³-hybridized carbons (Fsp3) is 0. The van der Waals surface area contributed by atoms with Crippen molar-refractivity contribution in [3.63, 3.8) is 0 Å². The first-order valence-electron chi connectivity index (χ1n) is 14.8. The molecule has 0 aliphatic heterocycles. The Morgan fingerprint density at radius 3 is 1.31 bits per heavy atom. The average molecular weight is 1030 g/mol. The molecule has 6 rings (SSSR count). The lowest BCUT2D eigenvalue weighted by Gasteiger charge is -2.18. The highest BCUT2D eigenvalue weighted by atomic mass is 79.9. The Balaban J connectivity index is 1.22. The summed E-state index contributed by atoms with van der Waals surface area (Å²) in [5, 5.41) is 13.0. The Morgan fingerprint density at radius 1 is 0.574 bits per heavy atom. The van der Waals surface area contributed by atoms with E-state index in [2.05, 4.69) is 95.4 Å². The second-order valence-corrected chi connectivity index (χ2v) is 17.5. The molecular weight excluding hydrogens is 1010 g/mol. The summed E-state index contributed by atoms with van der Waals surface area (Å²) in [7, 11) is -9.88. The molecule has 21 heteroatoms. The van der Waals surface area contributed by atoms with Gasteiger partial charge in [-0.2, -0.15) is 27.0 Å².